The van der Waals surface area contributed by atoms with Gasteiger partial charge in [-0.1, -0.05) is 24.3 Å². The number of aliphatic carboxylic acids is 1. The molecule has 114 valence electrons. The van der Waals surface area contributed by atoms with Crippen molar-refractivity contribution in [3.63, 3.8) is 0 Å². The van der Waals surface area contributed by atoms with Crippen LogP contribution in [0.3, 0.4) is 0 Å². The Morgan fingerprint density at radius 3 is 2.41 bits per heavy atom. The predicted octanol–water partition coefficient (Wildman–Crippen LogP) is 3.88. The summed E-state index contributed by atoms with van der Waals surface area (Å²) in [5.74, 6) is -3.49. The third-order valence-corrected chi connectivity index (χ3v) is 3.61. The maximum Gasteiger partial charge on any atom is 0.399 e. The number of carbonyl (C=O) groups is 1. The molecule has 0 bridgehead atoms. The Bertz CT molecular complexity index is 778. The van der Waals surface area contributed by atoms with Crippen LogP contribution in [0, 0.1) is 5.92 Å². The van der Waals surface area contributed by atoms with E-state index < -0.39 is 30.2 Å². The molecule has 3 nitrogen and oxygen atoms in total. The zero-order valence-corrected chi connectivity index (χ0v) is 11.2. The molecule has 1 aliphatic rings. The van der Waals surface area contributed by atoms with E-state index in [0.717, 1.165) is 16.8 Å². The number of halogens is 3. The monoisotopic (exact) mass is 308 g/mol. The number of carboxylic acid groups (broad SMARTS) is 1. The molecule has 0 aliphatic carbocycles. The van der Waals surface area contributed by atoms with Crippen molar-refractivity contribution in [1.29, 1.82) is 0 Å². The van der Waals surface area contributed by atoms with Crippen molar-refractivity contribution >= 4 is 22.8 Å². The van der Waals surface area contributed by atoms with Gasteiger partial charge in [-0.3, -0.25) is 0 Å². The SMILES string of the molecule is O=C(O)C1=Cc2cc3ccccc3cc2OCC1C(F)(F)F. The van der Waals surface area contributed by atoms with Crippen LogP contribution >= 0.6 is 0 Å². The van der Waals surface area contributed by atoms with Gasteiger partial charge in [0.1, 0.15) is 18.3 Å². The van der Waals surface area contributed by atoms with Gasteiger partial charge in [0.15, 0.2) is 0 Å². The molecule has 22 heavy (non-hydrogen) atoms. The molecule has 3 rings (SSSR count). The lowest BCUT2D eigenvalue weighted by molar-refractivity contribution is -0.174. The Labute approximate surface area is 123 Å². The molecular weight excluding hydrogens is 297 g/mol. The Hall–Kier alpha value is -2.50. The van der Waals surface area contributed by atoms with Crippen LogP contribution in [0.5, 0.6) is 5.75 Å². The molecule has 2 aromatic carbocycles. The van der Waals surface area contributed by atoms with Gasteiger partial charge in [-0.15, -0.1) is 0 Å². The van der Waals surface area contributed by atoms with Crippen molar-refractivity contribution in [2.24, 2.45) is 5.92 Å². The summed E-state index contributed by atoms with van der Waals surface area (Å²) in [5.41, 5.74) is -0.371. The van der Waals surface area contributed by atoms with Gasteiger partial charge in [0.25, 0.3) is 0 Å². The largest absolute Gasteiger partial charge is 0.492 e. The van der Waals surface area contributed by atoms with Gasteiger partial charge < -0.3 is 9.84 Å². The van der Waals surface area contributed by atoms with Crippen LogP contribution in [-0.4, -0.2) is 23.9 Å². The van der Waals surface area contributed by atoms with Gasteiger partial charge in [0.05, 0.1) is 5.57 Å². The van der Waals surface area contributed by atoms with Crippen LogP contribution in [-0.2, 0) is 4.79 Å². The molecule has 2 aromatic rings. The highest BCUT2D eigenvalue weighted by Gasteiger charge is 2.45. The number of hydrogen-bond donors (Lipinski definition) is 1. The van der Waals surface area contributed by atoms with Gasteiger partial charge in [0, 0.05) is 5.56 Å². The minimum Gasteiger partial charge on any atom is -0.492 e. The van der Waals surface area contributed by atoms with Gasteiger partial charge in [-0.05, 0) is 29.0 Å². The molecule has 1 atom stereocenters. The van der Waals surface area contributed by atoms with Crippen LogP contribution in [0.4, 0.5) is 13.2 Å². The summed E-state index contributed by atoms with van der Waals surface area (Å²) in [4.78, 5) is 11.2. The van der Waals surface area contributed by atoms with Crippen molar-refractivity contribution in [1.82, 2.24) is 0 Å². The molecule has 0 aromatic heterocycles. The molecule has 0 saturated carbocycles. The highest BCUT2D eigenvalue weighted by atomic mass is 19.4. The topological polar surface area (TPSA) is 46.5 Å². The molecule has 6 heteroatoms. The summed E-state index contributed by atoms with van der Waals surface area (Å²) in [6.07, 6.45) is -3.62. The van der Waals surface area contributed by atoms with E-state index >= 15 is 0 Å². The number of carboxylic acids is 1. The van der Waals surface area contributed by atoms with Crippen molar-refractivity contribution in [2.75, 3.05) is 6.61 Å². The third kappa shape index (κ3) is 2.52. The highest BCUT2D eigenvalue weighted by Crippen LogP contribution is 2.38. The molecule has 1 heterocycles. The molecule has 0 spiro atoms. The number of fused-ring (bicyclic) bond motifs is 2. The number of ether oxygens (including phenoxy) is 1. The fourth-order valence-electron chi connectivity index (χ4n) is 2.49. The number of benzene rings is 2. The van der Waals surface area contributed by atoms with Crippen LogP contribution in [0.15, 0.2) is 42.0 Å². The summed E-state index contributed by atoms with van der Waals surface area (Å²) in [6.45, 7) is -0.743. The first kappa shape index (κ1) is 14.4. The lowest BCUT2D eigenvalue weighted by atomic mass is 9.97. The highest BCUT2D eigenvalue weighted by molar-refractivity contribution is 5.95. The second-order valence-electron chi connectivity index (χ2n) is 5.05. The van der Waals surface area contributed by atoms with Crippen molar-refractivity contribution in [3.05, 3.63) is 47.5 Å². The number of alkyl halides is 3. The van der Waals surface area contributed by atoms with Crippen molar-refractivity contribution < 1.29 is 27.8 Å². The smallest absolute Gasteiger partial charge is 0.399 e. The molecule has 1 aliphatic heterocycles. The van der Waals surface area contributed by atoms with Crippen LogP contribution in [0.25, 0.3) is 16.8 Å². The van der Waals surface area contributed by atoms with E-state index in [9.17, 15) is 18.0 Å². The zero-order chi connectivity index (χ0) is 15.9. The Balaban J connectivity index is 2.18. The van der Waals surface area contributed by atoms with E-state index in [0.29, 0.717) is 5.56 Å². The van der Waals surface area contributed by atoms with E-state index in [4.69, 9.17) is 9.84 Å². The van der Waals surface area contributed by atoms with E-state index in [2.05, 4.69) is 0 Å². The van der Waals surface area contributed by atoms with Gasteiger partial charge in [-0.25, -0.2) is 4.79 Å². The molecule has 0 fully saturated rings. The van der Waals surface area contributed by atoms with E-state index in [1.165, 1.54) is 0 Å². The number of hydrogen-bond acceptors (Lipinski definition) is 2. The van der Waals surface area contributed by atoms with Crippen LogP contribution < -0.4 is 4.74 Å². The molecule has 1 unspecified atom stereocenters. The van der Waals surface area contributed by atoms with E-state index in [1.807, 2.05) is 12.1 Å². The second-order valence-corrected chi connectivity index (χ2v) is 5.05. The Morgan fingerprint density at radius 2 is 1.82 bits per heavy atom. The summed E-state index contributed by atoms with van der Waals surface area (Å²) >= 11 is 0. The lowest BCUT2D eigenvalue weighted by Gasteiger charge is -2.19. The first-order valence-electron chi connectivity index (χ1n) is 6.53. The summed E-state index contributed by atoms with van der Waals surface area (Å²) in [5, 5.41) is 10.7. The maximum atomic E-state index is 13.0. The molecule has 1 N–H and O–H groups in total. The van der Waals surface area contributed by atoms with Crippen LogP contribution in [0.2, 0.25) is 0 Å². The van der Waals surface area contributed by atoms with E-state index in [1.54, 1.807) is 24.3 Å². The fourth-order valence-corrected chi connectivity index (χ4v) is 2.49. The molecule has 0 saturated heterocycles. The van der Waals surface area contributed by atoms with Gasteiger partial charge >= 0.3 is 12.1 Å². The van der Waals surface area contributed by atoms with Crippen LogP contribution in [0.1, 0.15) is 5.56 Å². The minimum atomic E-state index is -4.67. The fraction of sp³-hybridized carbons (Fsp3) is 0.188. The zero-order valence-electron chi connectivity index (χ0n) is 11.2. The third-order valence-electron chi connectivity index (χ3n) is 3.61. The Morgan fingerprint density at radius 1 is 1.18 bits per heavy atom. The maximum absolute atomic E-state index is 13.0. The first-order chi connectivity index (χ1) is 10.4. The summed E-state index contributed by atoms with van der Waals surface area (Å²) < 4.78 is 44.4. The second kappa shape index (κ2) is 5.05. The minimum absolute atomic E-state index is 0.254. The van der Waals surface area contributed by atoms with Crippen molar-refractivity contribution in [2.45, 2.75) is 6.18 Å². The normalized spacial score (nSPS) is 18.1. The molecule has 0 amide bonds. The average Bonchev–Trinajstić information content (AvgIpc) is 2.63. The van der Waals surface area contributed by atoms with E-state index in [-0.39, 0.29) is 5.75 Å². The predicted molar refractivity (Wildman–Crippen MR) is 74.6 cm³/mol. The lowest BCUT2D eigenvalue weighted by Crippen LogP contribution is -2.32. The molecule has 0 radical (unpaired) electrons. The average molecular weight is 308 g/mol. The summed E-state index contributed by atoms with van der Waals surface area (Å²) in [7, 11) is 0. The molecular formula is C16H11F3O3. The number of rotatable bonds is 1. The summed E-state index contributed by atoms with van der Waals surface area (Å²) in [6, 6.07) is 10.5. The Kier molecular flexibility index (Phi) is 3.31. The van der Waals surface area contributed by atoms with Gasteiger partial charge in [0.2, 0.25) is 0 Å². The van der Waals surface area contributed by atoms with Crippen molar-refractivity contribution in [3.8, 4) is 5.75 Å². The standard InChI is InChI=1S/C16H11F3O3/c17-16(18,19)13-8-22-14-7-10-4-2-1-3-9(10)5-11(14)6-12(13)15(20)21/h1-7,13H,8H2,(H,20,21). The first-order valence-corrected chi connectivity index (χ1v) is 6.53. The quantitative estimate of drug-likeness (QED) is 0.869. The van der Waals surface area contributed by atoms with Gasteiger partial charge in [-0.2, -0.15) is 13.2 Å².